The van der Waals surface area contributed by atoms with Crippen molar-refractivity contribution in [3.8, 4) is 0 Å². The van der Waals surface area contributed by atoms with E-state index in [2.05, 4.69) is 31.3 Å². The Bertz CT molecular complexity index is 1140. The molecule has 0 aromatic heterocycles. The van der Waals surface area contributed by atoms with Gasteiger partial charge < -0.3 is 20.3 Å². The molecule has 0 fully saturated rings. The largest absolute Gasteiger partial charge is 0.466 e. The molecule has 0 spiro atoms. The van der Waals surface area contributed by atoms with Gasteiger partial charge in [0.15, 0.2) is 0 Å². The predicted octanol–water partition coefficient (Wildman–Crippen LogP) is 21.0. The molecule has 0 radical (unpaired) electrons. The van der Waals surface area contributed by atoms with Crippen LogP contribution < -0.4 is 5.32 Å². The van der Waals surface area contributed by atoms with Gasteiger partial charge in [-0.15, -0.1) is 0 Å². The number of unbranched alkanes of at least 4 members (excludes halogenated alkanes) is 49. The second-order valence-corrected chi connectivity index (χ2v) is 22.8. The van der Waals surface area contributed by atoms with Crippen molar-refractivity contribution in [2.24, 2.45) is 0 Å². The Hall–Kier alpha value is -1.66. The van der Waals surface area contributed by atoms with Gasteiger partial charge in [0.05, 0.1) is 25.4 Å². The summed E-state index contributed by atoms with van der Waals surface area (Å²) in [4.78, 5) is 24.5. The number of carbonyl (C=O) groups is 2. The summed E-state index contributed by atoms with van der Waals surface area (Å²) in [6.45, 7) is 4.90. The molecule has 6 nitrogen and oxygen atoms in total. The number of ether oxygens (including phenoxy) is 1. The van der Waals surface area contributed by atoms with Crippen LogP contribution in [0.5, 0.6) is 0 Å². The van der Waals surface area contributed by atoms with Crippen molar-refractivity contribution in [1.29, 1.82) is 0 Å². The highest BCUT2D eigenvalue weighted by atomic mass is 16.5. The van der Waals surface area contributed by atoms with E-state index in [0.29, 0.717) is 19.4 Å². The summed E-state index contributed by atoms with van der Waals surface area (Å²) >= 11 is 0. The molecule has 0 rings (SSSR count). The van der Waals surface area contributed by atoms with E-state index in [0.717, 1.165) is 38.5 Å². The van der Waals surface area contributed by atoms with Gasteiger partial charge in [0.2, 0.25) is 5.91 Å². The molecule has 0 aliphatic heterocycles. The molecule has 1 amide bonds. The van der Waals surface area contributed by atoms with Gasteiger partial charge in [0.1, 0.15) is 0 Å². The number of hydrogen-bond donors (Lipinski definition) is 3. The lowest BCUT2D eigenvalue weighted by atomic mass is 10.0. The number of nitrogens with one attached hydrogen (secondary N) is 1. The summed E-state index contributed by atoms with van der Waals surface area (Å²) in [5.41, 5.74) is 0. The molecule has 0 aliphatic rings. The molecule has 432 valence electrons. The van der Waals surface area contributed by atoms with Crippen molar-refractivity contribution < 1.29 is 24.5 Å². The van der Waals surface area contributed by atoms with Gasteiger partial charge in [0, 0.05) is 12.8 Å². The van der Waals surface area contributed by atoms with Crippen LogP contribution in [0.4, 0.5) is 0 Å². The van der Waals surface area contributed by atoms with Crippen LogP contribution in [0.1, 0.15) is 367 Å². The summed E-state index contributed by atoms with van der Waals surface area (Å²) in [6.07, 6.45) is 78.2. The zero-order valence-corrected chi connectivity index (χ0v) is 49.4. The number of aliphatic hydroxyl groups excluding tert-OH is 2. The minimum atomic E-state index is -0.840. The smallest absolute Gasteiger partial charge is 0.305 e. The standard InChI is InChI=1S/C67H129NO5/c1-3-5-7-9-11-13-15-16-17-18-28-32-35-38-41-45-49-53-57-61-67(72)73-62-58-54-50-46-42-39-36-33-30-27-25-23-21-19-20-22-24-26-29-31-34-37-40-44-48-52-56-60-66(71)68-64(63-69)65(70)59-55-51-47-43-14-12-10-8-6-4-2/h16-17,55,59,64-65,69-70H,3-15,18-54,56-58,60-63H2,1-2H3,(H,68,71)/b17-16-,59-55+. The Kier molecular flexibility index (Phi) is 61.4. The first-order valence-corrected chi connectivity index (χ1v) is 33.1. The van der Waals surface area contributed by atoms with Gasteiger partial charge in [-0.1, -0.05) is 321 Å². The van der Waals surface area contributed by atoms with Crippen molar-refractivity contribution in [2.75, 3.05) is 13.2 Å². The molecule has 0 aromatic rings. The number of hydrogen-bond acceptors (Lipinski definition) is 5. The summed E-state index contributed by atoms with van der Waals surface area (Å²) in [6, 6.07) is -0.623. The SMILES string of the molecule is CCCCCCCC/C=C\CCCCCCCCCCCC(=O)OCCCCCCCCCCCCCCCCCCCCCCCCCCCCCC(=O)NC(CO)C(O)/C=C/CCCCCCCCCC. The Morgan fingerprint density at radius 2 is 0.644 bits per heavy atom. The third kappa shape index (κ3) is 59.4. The first-order valence-electron chi connectivity index (χ1n) is 33.1. The molecule has 0 heterocycles. The normalized spacial score (nSPS) is 12.7. The van der Waals surface area contributed by atoms with E-state index in [-0.39, 0.29) is 18.5 Å². The molecular formula is C67H129NO5. The Morgan fingerprint density at radius 1 is 0.370 bits per heavy atom. The van der Waals surface area contributed by atoms with Crippen LogP contribution in [0.3, 0.4) is 0 Å². The van der Waals surface area contributed by atoms with E-state index < -0.39 is 12.1 Å². The molecule has 0 aromatic carbocycles. The highest BCUT2D eigenvalue weighted by Gasteiger charge is 2.18. The summed E-state index contributed by atoms with van der Waals surface area (Å²) in [5, 5.41) is 23.0. The van der Waals surface area contributed by atoms with Crippen LogP contribution in [0.25, 0.3) is 0 Å². The molecule has 6 heteroatoms. The van der Waals surface area contributed by atoms with Crippen molar-refractivity contribution in [3.05, 3.63) is 24.3 Å². The van der Waals surface area contributed by atoms with Crippen LogP contribution in [-0.4, -0.2) is 47.4 Å². The van der Waals surface area contributed by atoms with E-state index in [1.165, 1.54) is 302 Å². The third-order valence-electron chi connectivity index (χ3n) is 15.5. The fourth-order valence-corrected chi connectivity index (χ4v) is 10.4. The maximum atomic E-state index is 12.4. The highest BCUT2D eigenvalue weighted by Crippen LogP contribution is 2.18. The van der Waals surface area contributed by atoms with Gasteiger partial charge in [-0.2, -0.15) is 0 Å². The minimum Gasteiger partial charge on any atom is -0.466 e. The van der Waals surface area contributed by atoms with Crippen molar-refractivity contribution in [1.82, 2.24) is 5.32 Å². The lowest BCUT2D eigenvalue weighted by Gasteiger charge is -2.20. The second kappa shape index (κ2) is 62.9. The fraction of sp³-hybridized carbons (Fsp3) is 0.910. The van der Waals surface area contributed by atoms with Crippen LogP contribution in [0.2, 0.25) is 0 Å². The van der Waals surface area contributed by atoms with E-state index in [9.17, 15) is 19.8 Å². The Balaban J connectivity index is 3.32. The second-order valence-electron chi connectivity index (χ2n) is 22.8. The number of amides is 1. The lowest BCUT2D eigenvalue weighted by molar-refractivity contribution is -0.143. The van der Waals surface area contributed by atoms with Gasteiger partial charge >= 0.3 is 5.97 Å². The number of aliphatic hydroxyl groups is 2. The van der Waals surface area contributed by atoms with Crippen LogP contribution in [0.15, 0.2) is 24.3 Å². The van der Waals surface area contributed by atoms with Crippen LogP contribution in [-0.2, 0) is 14.3 Å². The van der Waals surface area contributed by atoms with Crippen molar-refractivity contribution >= 4 is 11.9 Å². The quantitative estimate of drug-likeness (QED) is 0.0320. The molecule has 0 aliphatic carbocycles. The van der Waals surface area contributed by atoms with Gasteiger partial charge in [-0.05, 0) is 57.8 Å². The number of rotatable bonds is 62. The van der Waals surface area contributed by atoms with Crippen molar-refractivity contribution in [3.63, 3.8) is 0 Å². The summed E-state index contributed by atoms with van der Waals surface area (Å²) < 4.78 is 5.51. The average molecular weight is 1030 g/mol. The summed E-state index contributed by atoms with van der Waals surface area (Å²) in [5.74, 6) is -0.0483. The molecule has 2 atom stereocenters. The third-order valence-corrected chi connectivity index (χ3v) is 15.5. The monoisotopic (exact) mass is 1030 g/mol. The molecule has 0 saturated heterocycles. The molecule has 2 unspecified atom stereocenters. The molecule has 0 saturated carbocycles. The molecule has 0 bridgehead atoms. The molecule has 73 heavy (non-hydrogen) atoms. The minimum absolute atomic E-state index is 0.0176. The summed E-state index contributed by atoms with van der Waals surface area (Å²) in [7, 11) is 0. The van der Waals surface area contributed by atoms with Gasteiger partial charge in [-0.25, -0.2) is 0 Å². The maximum Gasteiger partial charge on any atom is 0.305 e. The zero-order chi connectivity index (χ0) is 52.9. The Morgan fingerprint density at radius 3 is 0.973 bits per heavy atom. The first-order chi connectivity index (χ1) is 36.0. The topological polar surface area (TPSA) is 95.9 Å². The lowest BCUT2D eigenvalue weighted by Crippen LogP contribution is -2.45. The Labute approximate surface area is 456 Å². The van der Waals surface area contributed by atoms with Crippen molar-refractivity contribution in [2.45, 2.75) is 379 Å². The fourth-order valence-electron chi connectivity index (χ4n) is 10.4. The van der Waals surface area contributed by atoms with E-state index >= 15 is 0 Å². The van der Waals surface area contributed by atoms with Gasteiger partial charge in [0.25, 0.3) is 0 Å². The zero-order valence-electron chi connectivity index (χ0n) is 49.4. The molecular weight excluding hydrogens is 899 g/mol. The predicted molar refractivity (Wildman–Crippen MR) is 320 cm³/mol. The number of carbonyl (C=O) groups excluding carboxylic acids is 2. The average Bonchev–Trinajstić information content (AvgIpc) is 3.39. The van der Waals surface area contributed by atoms with E-state index in [4.69, 9.17) is 4.74 Å². The molecule has 3 N–H and O–H groups in total. The van der Waals surface area contributed by atoms with E-state index in [1.54, 1.807) is 6.08 Å². The maximum absolute atomic E-state index is 12.4. The first kappa shape index (κ1) is 71.3. The highest BCUT2D eigenvalue weighted by molar-refractivity contribution is 5.76. The number of esters is 1. The van der Waals surface area contributed by atoms with Gasteiger partial charge in [-0.3, -0.25) is 9.59 Å². The van der Waals surface area contributed by atoms with E-state index in [1.807, 2.05) is 6.08 Å². The van der Waals surface area contributed by atoms with Crippen LogP contribution in [0, 0.1) is 0 Å². The van der Waals surface area contributed by atoms with Crippen LogP contribution >= 0.6 is 0 Å². The number of allylic oxidation sites excluding steroid dienone is 3.